The average Bonchev–Trinajstić information content (AvgIpc) is 2.78. The second-order valence-corrected chi connectivity index (χ2v) is 6.59. The number of hydrogen-bond acceptors (Lipinski definition) is 4. The van der Waals surface area contributed by atoms with Crippen molar-refractivity contribution in [2.24, 2.45) is 0 Å². The van der Waals surface area contributed by atoms with Crippen LogP contribution in [0.3, 0.4) is 0 Å². The Morgan fingerprint density at radius 1 is 1.00 bits per heavy atom. The van der Waals surface area contributed by atoms with E-state index in [0.29, 0.717) is 5.69 Å². The molecule has 0 aliphatic carbocycles. The molecule has 0 unspecified atom stereocenters. The summed E-state index contributed by atoms with van der Waals surface area (Å²) in [5.41, 5.74) is -3.49. The van der Waals surface area contributed by atoms with Gasteiger partial charge in [-0.25, -0.2) is 0 Å². The molecule has 0 bridgehead atoms. The van der Waals surface area contributed by atoms with Crippen molar-refractivity contribution in [2.75, 3.05) is 12.4 Å². The lowest BCUT2D eigenvalue weighted by Crippen LogP contribution is -2.24. The number of hydrogen-bond donors (Lipinski definition) is 1. The van der Waals surface area contributed by atoms with Crippen molar-refractivity contribution in [2.45, 2.75) is 10.4 Å². The van der Waals surface area contributed by atoms with E-state index < -0.39 is 23.2 Å². The van der Waals surface area contributed by atoms with Crippen LogP contribution in [0.2, 0.25) is 0 Å². The smallest absolute Gasteiger partial charge is 0.322 e. The topological polar surface area (TPSA) is 66.5 Å². The maximum atomic E-state index is 12.3. The summed E-state index contributed by atoms with van der Waals surface area (Å²) in [7, 11) is 1.36. The third kappa shape index (κ3) is 3.57. The maximum absolute atomic E-state index is 12.3. The zero-order chi connectivity index (χ0) is 19.1. The van der Waals surface area contributed by atoms with Crippen LogP contribution in [0.5, 0.6) is 0 Å². The highest BCUT2D eigenvalue weighted by Crippen LogP contribution is 2.36. The summed E-state index contributed by atoms with van der Waals surface area (Å²) in [6, 6.07) is 9.27. The first-order chi connectivity index (χ1) is 12.2. The minimum atomic E-state index is -4.40. The maximum Gasteiger partial charge on any atom is 0.446 e. The van der Waals surface area contributed by atoms with Crippen molar-refractivity contribution in [3.8, 4) is 0 Å². The Morgan fingerprint density at radius 3 is 2.23 bits per heavy atom. The number of amides is 3. The van der Waals surface area contributed by atoms with E-state index in [1.54, 1.807) is 0 Å². The molecular formula is C17H11F3N2O3S. The van der Waals surface area contributed by atoms with Crippen molar-refractivity contribution in [1.82, 2.24) is 4.90 Å². The van der Waals surface area contributed by atoms with E-state index in [1.165, 1.54) is 49.5 Å². The molecule has 3 rings (SSSR count). The molecule has 1 N–H and O–H groups in total. The number of nitrogens with one attached hydrogen (secondary N) is 1. The molecule has 0 saturated carbocycles. The Bertz CT molecular complexity index is 910. The molecule has 5 nitrogen and oxygen atoms in total. The SMILES string of the molecule is CN1C(=O)c2ccc(NC(=O)c3ccc(SC(F)(F)F)cc3)cc2C1=O. The number of thioether (sulfide) groups is 1. The van der Waals surface area contributed by atoms with Crippen LogP contribution in [0.25, 0.3) is 0 Å². The molecule has 0 aromatic heterocycles. The number of benzene rings is 2. The van der Waals surface area contributed by atoms with Gasteiger partial charge < -0.3 is 5.32 Å². The highest BCUT2D eigenvalue weighted by Gasteiger charge is 2.33. The Kier molecular flexibility index (Phi) is 4.49. The molecule has 2 aromatic carbocycles. The highest BCUT2D eigenvalue weighted by molar-refractivity contribution is 8.00. The first-order valence-corrected chi connectivity index (χ1v) is 8.11. The molecule has 3 amide bonds. The lowest BCUT2D eigenvalue weighted by molar-refractivity contribution is -0.0328. The molecule has 1 heterocycles. The normalized spacial score (nSPS) is 13.8. The van der Waals surface area contributed by atoms with Crippen LogP contribution >= 0.6 is 11.8 Å². The van der Waals surface area contributed by atoms with Gasteiger partial charge >= 0.3 is 5.51 Å². The number of anilines is 1. The van der Waals surface area contributed by atoms with Gasteiger partial charge in [-0.1, -0.05) is 0 Å². The van der Waals surface area contributed by atoms with E-state index in [4.69, 9.17) is 0 Å². The molecule has 1 aliphatic heterocycles. The Morgan fingerprint density at radius 2 is 1.62 bits per heavy atom. The fourth-order valence-electron chi connectivity index (χ4n) is 2.45. The molecule has 1 aliphatic rings. The Hall–Kier alpha value is -2.81. The molecule has 0 radical (unpaired) electrons. The van der Waals surface area contributed by atoms with Gasteiger partial charge in [0.2, 0.25) is 0 Å². The molecule has 2 aromatic rings. The van der Waals surface area contributed by atoms with Crippen LogP contribution in [-0.2, 0) is 0 Å². The van der Waals surface area contributed by atoms with Crippen LogP contribution in [0.15, 0.2) is 47.4 Å². The van der Waals surface area contributed by atoms with E-state index in [1.807, 2.05) is 0 Å². The van der Waals surface area contributed by atoms with Gasteiger partial charge in [-0.2, -0.15) is 13.2 Å². The summed E-state index contributed by atoms with van der Waals surface area (Å²) >= 11 is -0.267. The predicted molar refractivity (Wildman–Crippen MR) is 89.2 cm³/mol. The average molecular weight is 380 g/mol. The molecule has 26 heavy (non-hydrogen) atoms. The predicted octanol–water partition coefficient (Wildman–Crippen LogP) is 3.78. The number of carbonyl (C=O) groups is 3. The first-order valence-electron chi connectivity index (χ1n) is 7.29. The third-order valence-electron chi connectivity index (χ3n) is 3.70. The van der Waals surface area contributed by atoms with Crippen LogP contribution in [-0.4, -0.2) is 35.2 Å². The van der Waals surface area contributed by atoms with Crippen molar-refractivity contribution in [3.05, 3.63) is 59.2 Å². The lowest BCUT2D eigenvalue weighted by atomic mass is 10.1. The summed E-state index contributed by atoms with van der Waals surface area (Å²) in [6.45, 7) is 0. The summed E-state index contributed by atoms with van der Waals surface area (Å²) in [6.07, 6.45) is 0. The molecule has 0 spiro atoms. The Balaban J connectivity index is 1.75. The summed E-state index contributed by atoms with van der Waals surface area (Å²) in [4.78, 5) is 37.0. The van der Waals surface area contributed by atoms with E-state index >= 15 is 0 Å². The van der Waals surface area contributed by atoms with Crippen molar-refractivity contribution in [1.29, 1.82) is 0 Å². The first kappa shape index (κ1) is 18.0. The van der Waals surface area contributed by atoms with E-state index in [9.17, 15) is 27.6 Å². The molecule has 0 atom stereocenters. The molecule has 0 fully saturated rings. The second kappa shape index (κ2) is 6.49. The zero-order valence-electron chi connectivity index (χ0n) is 13.3. The lowest BCUT2D eigenvalue weighted by Gasteiger charge is -2.08. The van der Waals surface area contributed by atoms with E-state index in [2.05, 4.69) is 5.32 Å². The second-order valence-electron chi connectivity index (χ2n) is 5.46. The molecule has 9 heteroatoms. The number of alkyl halides is 3. The van der Waals surface area contributed by atoms with Gasteiger partial charge in [0.15, 0.2) is 0 Å². The number of halogens is 3. The van der Waals surface area contributed by atoms with Crippen molar-refractivity contribution >= 4 is 35.2 Å². The van der Waals surface area contributed by atoms with Gasteiger partial charge in [0.1, 0.15) is 0 Å². The quantitative estimate of drug-likeness (QED) is 0.650. The van der Waals surface area contributed by atoms with Gasteiger partial charge in [0.05, 0.1) is 11.1 Å². The molecular weight excluding hydrogens is 369 g/mol. The minimum absolute atomic E-state index is 0.0290. The summed E-state index contributed by atoms with van der Waals surface area (Å²) in [5.74, 6) is -1.42. The monoisotopic (exact) mass is 380 g/mol. The van der Waals surface area contributed by atoms with E-state index in [0.717, 1.165) is 4.90 Å². The summed E-state index contributed by atoms with van der Waals surface area (Å²) < 4.78 is 36.9. The van der Waals surface area contributed by atoms with Crippen LogP contribution in [0.4, 0.5) is 18.9 Å². The molecule has 0 saturated heterocycles. The van der Waals surface area contributed by atoms with Crippen molar-refractivity contribution in [3.63, 3.8) is 0 Å². The van der Waals surface area contributed by atoms with Gasteiger partial charge in [0.25, 0.3) is 17.7 Å². The fourth-order valence-corrected chi connectivity index (χ4v) is 2.99. The van der Waals surface area contributed by atoms with Gasteiger partial charge in [-0.05, 0) is 54.2 Å². The number of nitrogens with zero attached hydrogens (tertiary/aromatic N) is 1. The van der Waals surface area contributed by atoms with Crippen LogP contribution in [0.1, 0.15) is 31.1 Å². The third-order valence-corrected chi connectivity index (χ3v) is 4.44. The van der Waals surface area contributed by atoms with Crippen LogP contribution < -0.4 is 5.32 Å². The van der Waals surface area contributed by atoms with Crippen LogP contribution in [0, 0.1) is 0 Å². The number of imide groups is 1. The van der Waals surface area contributed by atoms with Gasteiger partial charge in [0, 0.05) is 23.2 Å². The summed E-state index contributed by atoms with van der Waals surface area (Å²) in [5, 5.41) is 2.56. The van der Waals surface area contributed by atoms with Gasteiger partial charge in [-0.3, -0.25) is 19.3 Å². The van der Waals surface area contributed by atoms with Gasteiger partial charge in [-0.15, -0.1) is 0 Å². The largest absolute Gasteiger partial charge is 0.446 e. The number of carbonyl (C=O) groups excluding carboxylic acids is 3. The highest BCUT2D eigenvalue weighted by atomic mass is 32.2. The van der Waals surface area contributed by atoms with E-state index in [-0.39, 0.29) is 33.3 Å². The standard InChI is InChI=1S/C17H11F3N2O3S/c1-22-15(24)12-7-4-10(8-13(12)16(22)25)21-14(23)9-2-5-11(6-3-9)26-17(18,19)20/h2-8H,1H3,(H,21,23). The minimum Gasteiger partial charge on any atom is -0.322 e. The Labute approximate surface area is 150 Å². The number of rotatable bonds is 3. The fraction of sp³-hybridized carbons (Fsp3) is 0.118. The number of fused-ring (bicyclic) bond motifs is 1. The van der Waals surface area contributed by atoms with Crippen molar-refractivity contribution < 1.29 is 27.6 Å². The zero-order valence-corrected chi connectivity index (χ0v) is 14.1. The molecule has 134 valence electrons.